The number of aryl methyl sites for hydroxylation is 1. The molecular formula is C34H33N3O5S2. The number of carbonyl (C=O) groups excluding carboxylic acids is 2. The van der Waals surface area contributed by atoms with Crippen LogP contribution in [0.2, 0.25) is 0 Å². The summed E-state index contributed by atoms with van der Waals surface area (Å²) in [6, 6.07) is 20.0. The standard InChI is InChI=1S/C34H33N3O5S2/c1-4-5-15-41-26-8-6-7-23(18-26)29-28(30(38)24-13-14-27-25(17-24)16-21(3)42-27)31(39)32(40)37(29)33-35-36-34(44-33)43-19-22-11-9-20(2)10-12-22/h6-14,17-18,21,29,38H,4-5,15-16,19H2,1-3H3/t21-,29-/m1/s1. The molecule has 3 aromatic carbocycles. The van der Waals surface area contributed by atoms with Gasteiger partial charge in [-0.2, -0.15) is 0 Å². The Labute approximate surface area is 264 Å². The normalized spacial score (nSPS) is 18.8. The fourth-order valence-electron chi connectivity index (χ4n) is 5.37. The summed E-state index contributed by atoms with van der Waals surface area (Å²) in [6.07, 6.45) is 2.61. The van der Waals surface area contributed by atoms with Gasteiger partial charge in [-0.15, -0.1) is 10.2 Å². The molecular weight excluding hydrogens is 595 g/mol. The van der Waals surface area contributed by atoms with E-state index < -0.39 is 17.7 Å². The lowest BCUT2D eigenvalue weighted by Gasteiger charge is -2.23. The largest absolute Gasteiger partial charge is 0.507 e. The van der Waals surface area contributed by atoms with Gasteiger partial charge in [-0.1, -0.05) is 78.4 Å². The third kappa shape index (κ3) is 6.09. The Morgan fingerprint density at radius 2 is 1.93 bits per heavy atom. The number of anilines is 1. The Kier molecular flexibility index (Phi) is 8.72. The maximum absolute atomic E-state index is 13.7. The number of ketones is 1. The van der Waals surface area contributed by atoms with Gasteiger partial charge in [0.15, 0.2) is 4.34 Å². The van der Waals surface area contributed by atoms with E-state index in [1.165, 1.54) is 33.6 Å². The number of amides is 1. The van der Waals surface area contributed by atoms with E-state index in [0.717, 1.165) is 29.7 Å². The van der Waals surface area contributed by atoms with Crippen LogP contribution < -0.4 is 14.4 Å². The quantitative estimate of drug-likeness (QED) is 0.0489. The SMILES string of the molecule is CCCCOc1cccc([C@@H]2C(=C(O)c3ccc4c(c3)C[C@@H](C)O4)C(=O)C(=O)N2c2nnc(SCc3ccc(C)cc3)s2)c1. The highest BCUT2D eigenvalue weighted by molar-refractivity contribution is 8.00. The van der Waals surface area contributed by atoms with Gasteiger partial charge in [-0.3, -0.25) is 14.5 Å². The molecule has 10 heteroatoms. The number of aliphatic hydroxyl groups is 1. The second kappa shape index (κ2) is 12.8. The van der Waals surface area contributed by atoms with Crippen LogP contribution >= 0.6 is 23.1 Å². The molecule has 8 nitrogen and oxygen atoms in total. The Hall–Kier alpha value is -4.15. The molecule has 1 fully saturated rings. The first-order valence-corrected chi connectivity index (χ1v) is 16.5. The smallest absolute Gasteiger partial charge is 0.301 e. The molecule has 0 radical (unpaired) electrons. The molecule has 0 bridgehead atoms. The molecule has 1 aromatic heterocycles. The van der Waals surface area contributed by atoms with Gasteiger partial charge in [0.1, 0.15) is 23.4 Å². The third-order valence-corrected chi connectivity index (χ3v) is 9.77. The second-order valence-electron chi connectivity index (χ2n) is 11.0. The van der Waals surface area contributed by atoms with Gasteiger partial charge >= 0.3 is 5.91 Å². The Morgan fingerprint density at radius 1 is 1.11 bits per heavy atom. The summed E-state index contributed by atoms with van der Waals surface area (Å²) in [5.74, 6) is 0.282. The number of hydrogen-bond donors (Lipinski definition) is 1. The van der Waals surface area contributed by atoms with Crippen molar-refractivity contribution in [1.82, 2.24) is 10.2 Å². The zero-order valence-electron chi connectivity index (χ0n) is 24.8. The second-order valence-corrected chi connectivity index (χ2v) is 13.2. The molecule has 4 aromatic rings. The lowest BCUT2D eigenvalue weighted by Crippen LogP contribution is -2.29. The first-order chi connectivity index (χ1) is 21.3. The number of aliphatic hydroxyl groups excluding tert-OH is 1. The molecule has 0 unspecified atom stereocenters. The maximum atomic E-state index is 13.7. The van der Waals surface area contributed by atoms with Crippen LogP contribution in [0.1, 0.15) is 60.5 Å². The zero-order valence-corrected chi connectivity index (χ0v) is 26.4. The number of rotatable bonds is 10. The molecule has 6 rings (SSSR count). The number of ether oxygens (including phenoxy) is 2. The molecule has 3 heterocycles. The molecule has 0 saturated carbocycles. The summed E-state index contributed by atoms with van der Waals surface area (Å²) in [6.45, 7) is 6.67. The summed E-state index contributed by atoms with van der Waals surface area (Å²) in [4.78, 5) is 28.7. The summed E-state index contributed by atoms with van der Waals surface area (Å²) in [7, 11) is 0. The number of hydrogen-bond acceptors (Lipinski definition) is 9. The molecule has 226 valence electrons. The van der Waals surface area contributed by atoms with Crippen LogP contribution in [0.5, 0.6) is 11.5 Å². The van der Waals surface area contributed by atoms with Gasteiger partial charge < -0.3 is 14.6 Å². The first-order valence-electron chi connectivity index (χ1n) is 14.7. The van der Waals surface area contributed by atoms with Gasteiger partial charge in [-0.05, 0) is 67.3 Å². The van der Waals surface area contributed by atoms with E-state index in [-0.39, 0.29) is 22.6 Å². The van der Waals surface area contributed by atoms with Crippen molar-refractivity contribution in [2.24, 2.45) is 0 Å². The van der Waals surface area contributed by atoms with Crippen LogP contribution in [0.15, 0.2) is 76.6 Å². The topological polar surface area (TPSA) is 102 Å². The lowest BCUT2D eigenvalue weighted by molar-refractivity contribution is -0.132. The fourth-order valence-corrected chi connectivity index (χ4v) is 7.19. The number of benzene rings is 3. The first kappa shape index (κ1) is 29.9. The van der Waals surface area contributed by atoms with Crippen LogP contribution in [0.3, 0.4) is 0 Å². The molecule has 1 N–H and O–H groups in total. The number of thioether (sulfide) groups is 1. The average Bonchev–Trinajstić information content (AvgIpc) is 3.71. The van der Waals surface area contributed by atoms with Gasteiger partial charge in [0, 0.05) is 17.7 Å². The van der Waals surface area contributed by atoms with E-state index in [2.05, 4.69) is 41.4 Å². The number of carbonyl (C=O) groups is 2. The van der Waals surface area contributed by atoms with Crippen LogP contribution in [0.4, 0.5) is 5.13 Å². The summed E-state index contributed by atoms with van der Waals surface area (Å²) in [5.41, 5.74) is 4.35. The van der Waals surface area contributed by atoms with Crippen LogP contribution in [0, 0.1) is 6.92 Å². The van der Waals surface area contributed by atoms with Crippen molar-refractivity contribution in [3.63, 3.8) is 0 Å². The van der Waals surface area contributed by atoms with Crippen molar-refractivity contribution >= 4 is 45.7 Å². The zero-order chi connectivity index (χ0) is 30.8. The van der Waals surface area contributed by atoms with E-state index in [4.69, 9.17) is 9.47 Å². The maximum Gasteiger partial charge on any atom is 0.301 e. The van der Waals surface area contributed by atoms with Crippen LogP contribution in [-0.4, -0.2) is 39.7 Å². The summed E-state index contributed by atoms with van der Waals surface area (Å²) >= 11 is 2.76. The molecule has 1 saturated heterocycles. The number of fused-ring (bicyclic) bond motifs is 1. The Bertz CT molecular complexity index is 1730. The van der Waals surface area contributed by atoms with E-state index >= 15 is 0 Å². The van der Waals surface area contributed by atoms with Crippen molar-refractivity contribution in [2.75, 3.05) is 11.5 Å². The van der Waals surface area contributed by atoms with E-state index in [9.17, 15) is 14.7 Å². The third-order valence-electron chi connectivity index (χ3n) is 7.64. The minimum absolute atomic E-state index is 0.00307. The number of Topliss-reactive ketones (excluding diaryl/α,β-unsaturated/α-hetero) is 1. The van der Waals surface area contributed by atoms with Crippen LogP contribution in [-0.2, 0) is 21.8 Å². The molecule has 1 amide bonds. The molecule has 0 spiro atoms. The minimum Gasteiger partial charge on any atom is -0.507 e. The van der Waals surface area contributed by atoms with Crippen LogP contribution in [0.25, 0.3) is 5.76 Å². The molecule has 2 aliphatic heterocycles. The number of nitrogens with zero attached hydrogens (tertiary/aromatic N) is 3. The molecule has 0 aliphatic carbocycles. The van der Waals surface area contributed by atoms with E-state index in [1.54, 1.807) is 12.1 Å². The molecule has 2 aliphatic rings. The van der Waals surface area contributed by atoms with Crippen molar-refractivity contribution in [1.29, 1.82) is 0 Å². The van der Waals surface area contributed by atoms with Crippen molar-refractivity contribution in [3.8, 4) is 11.5 Å². The fraction of sp³-hybridized carbons (Fsp3) is 0.294. The van der Waals surface area contributed by atoms with Crippen molar-refractivity contribution in [3.05, 3.63) is 100 Å². The van der Waals surface area contributed by atoms with Gasteiger partial charge in [0.25, 0.3) is 5.78 Å². The monoisotopic (exact) mass is 627 g/mol. The average molecular weight is 628 g/mol. The van der Waals surface area contributed by atoms with Crippen molar-refractivity contribution in [2.45, 2.75) is 62.3 Å². The van der Waals surface area contributed by atoms with Gasteiger partial charge in [0.2, 0.25) is 5.13 Å². The summed E-state index contributed by atoms with van der Waals surface area (Å²) in [5, 5.41) is 20.6. The minimum atomic E-state index is -0.920. The van der Waals surface area contributed by atoms with E-state index in [0.29, 0.717) is 40.0 Å². The van der Waals surface area contributed by atoms with E-state index in [1.807, 2.05) is 44.2 Å². The molecule has 2 atom stereocenters. The Morgan fingerprint density at radius 3 is 2.73 bits per heavy atom. The Balaban J connectivity index is 1.38. The predicted octanol–water partition coefficient (Wildman–Crippen LogP) is 7.27. The van der Waals surface area contributed by atoms with Gasteiger partial charge in [0.05, 0.1) is 18.2 Å². The highest BCUT2D eigenvalue weighted by Gasteiger charge is 2.48. The number of unbranched alkanes of at least 4 members (excludes halogenated alkanes) is 1. The lowest BCUT2D eigenvalue weighted by atomic mass is 9.94. The highest BCUT2D eigenvalue weighted by Crippen LogP contribution is 2.45. The highest BCUT2D eigenvalue weighted by atomic mass is 32.2. The number of aromatic nitrogens is 2. The summed E-state index contributed by atoms with van der Waals surface area (Å²) < 4.78 is 12.5. The van der Waals surface area contributed by atoms with Gasteiger partial charge in [-0.25, -0.2) is 0 Å². The predicted molar refractivity (Wildman–Crippen MR) is 173 cm³/mol. The van der Waals surface area contributed by atoms with Crippen molar-refractivity contribution < 1.29 is 24.2 Å². The molecule has 44 heavy (non-hydrogen) atoms.